The molecule has 1 saturated carbocycles. The molecule has 2 atom stereocenters. The molecule has 0 radical (unpaired) electrons. The first-order valence-corrected chi connectivity index (χ1v) is 6.50. The summed E-state index contributed by atoms with van der Waals surface area (Å²) in [5, 5.41) is 5.69. The summed E-state index contributed by atoms with van der Waals surface area (Å²) >= 11 is 1.92. The molecule has 1 aliphatic carbocycles. The minimum absolute atomic E-state index is 0.705. The molecule has 2 heteroatoms. The van der Waals surface area contributed by atoms with Crippen LogP contribution in [0.3, 0.4) is 0 Å². The fourth-order valence-electron chi connectivity index (χ4n) is 2.50. The van der Waals surface area contributed by atoms with E-state index in [1.54, 1.807) is 4.88 Å². The number of likely N-dealkylation sites (N-methyl/N-ethyl adjacent to an activating group) is 1. The van der Waals surface area contributed by atoms with Crippen molar-refractivity contribution in [3.8, 4) is 0 Å². The van der Waals surface area contributed by atoms with E-state index < -0.39 is 0 Å². The van der Waals surface area contributed by atoms with Crippen LogP contribution in [0, 0.1) is 0 Å². The quantitative estimate of drug-likeness (QED) is 0.736. The van der Waals surface area contributed by atoms with Gasteiger partial charge < -0.3 is 5.32 Å². The molecule has 78 valence electrons. The summed E-state index contributed by atoms with van der Waals surface area (Å²) in [5.41, 5.74) is 0. The van der Waals surface area contributed by atoms with E-state index in [1.807, 2.05) is 11.3 Å². The molecule has 2 rings (SSSR count). The molecule has 1 aliphatic rings. The Kier molecular flexibility index (Phi) is 3.60. The maximum atomic E-state index is 3.49. The third kappa shape index (κ3) is 2.18. The summed E-state index contributed by atoms with van der Waals surface area (Å²) in [6.07, 6.45) is 6.93. The van der Waals surface area contributed by atoms with Crippen molar-refractivity contribution in [2.45, 2.75) is 44.1 Å². The fraction of sp³-hybridized carbons (Fsp3) is 0.667. The highest BCUT2D eigenvalue weighted by molar-refractivity contribution is 7.10. The number of hydrogen-bond donors (Lipinski definition) is 1. The predicted molar refractivity (Wildman–Crippen MR) is 63.0 cm³/mol. The summed E-state index contributed by atoms with van der Waals surface area (Å²) in [6, 6.07) is 5.18. The van der Waals surface area contributed by atoms with E-state index in [1.165, 1.54) is 32.1 Å². The van der Waals surface area contributed by atoms with Crippen LogP contribution in [-0.4, -0.2) is 13.1 Å². The fourth-order valence-corrected chi connectivity index (χ4v) is 3.42. The van der Waals surface area contributed by atoms with E-state index in [-0.39, 0.29) is 0 Å². The Labute approximate surface area is 90.5 Å². The van der Waals surface area contributed by atoms with Crippen LogP contribution >= 0.6 is 11.3 Å². The van der Waals surface area contributed by atoms with Gasteiger partial charge in [-0.1, -0.05) is 25.3 Å². The largest absolute Gasteiger partial charge is 0.316 e. The zero-order valence-corrected chi connectivity index (χ0v) is 9.65. The van der Waals surface area contributed by atoms with E-state index in [0.717, 1.165) is 5.92 Å². The summed E-state index contributed by atoms with van der Waals surface area (Å²) in [6.45, 7) is 0. The van der Waals surface area contributed by atoms with Crippen LogP contribution < -0.4 is 5.32 Å². The Hall–Kier alpha value is -0.340. The molecule has 1 aromatic heterocycles. The molecule has 1 heterocycles. The van der Waals surface area contributed by atoms with Gasteiger partial charge >= 0.3 is 0 Å². The number of rotatable bonds is 2. The van der Waals surface area contributed by atoms with E-state index in [2.05, 4.69) is 29.9 Å². The van der Waals surface area contributed by atoms with Gasteiger partial charge in [0.2, 0.25) is 0 Å². The molecule has 0 bridgehead atoms. The van der Waals surface area contributed by atoms with Gasteiger partial charge in [-0.3, -0.25) is 0 Å². The third-order valence-corrected chi connectivity index (χ3v) is 4.30. The van der Waals surface area contributed by atoms with Gasteiger partial charge in [0.15, 0.2) is 0 Å². The van der Waals surface area contributed by atoms with Crippen LogP contribution in [0.15, 0.2) is 17.5 Å². The maximum Gasteiger partial charge on any atom is 0.0141 e. The second kappa shape index (κ2) is 4.94. The first-order valence-electron chi connectivity index (χ1n) is 5.62. The summed E-state index contributed by atoms with van der Waals surface area (Å²) in [5.74, 6) is 0.766. The second-order valence-electron chi connectivity index (χ2n) is 4.16. The monoisotopic (exact) mass is 209 g/mol. The average molecular weight is 209 g/mol. The Morgan fingerprint density at radius 1 is 1.29 bits per heavy atom. The highest BCUT2D eigenvalue weighted by Crippen LogP contribution is 2.34. The van der Waals surface area contributed by atoms with E-state index >= 15 is 0 Å². The van der Waals surface area contributed by atoms with Crippen molar-refractivity contribution < 1.29 is 0 Å². The molecule has 0 aliphatic heterocycles. The van der Waals surface area contributed by atoms with Crippen LogP contribution in [0.2, 0.25) is 0 Å². The molecule has 14 heavy (non-hydrogen) atoms. The smallest absolute Gasteiger partial charge is 0.0141 e. The molecule has 0 aromatic carbocycles. The highest BCUT2D eigenvalue weighted by Gasteiger charge is 2.24. The Morgan fingerprint density at radius 3 is 2.86 bits per heavy atom. The lowest BCUT2D eigenvalue weighted by atomic mass is 9.93. The number of hydrogen-bond acceptors (Lipinski definition) is 2. The van der Waals surface area contributed by atoms with Gasteiger partial charge in [-0.25, -0.2) is 0 Å². The van der Waals surface area contributed by atoms with E-state index in [4.69, 9.17) is 0 Å². The third-order valence-electron chi connectivity index (χ3n) is 3.30. The molecule has 0 spiro atoms. The van der Waals surface area contributed by atoms with Gasteiger partial charge in [0.1, 0.15) is 0 Å². The summed E-state index contributed by atoms with van der Waals surface area (Å²) in [4.78, 5) is 1.58. The van der Waals surface area contributed by atoms with Crippen molar-refractivity contribution in [1.29, 1.82) is 0 Å². The molecule has 0 amide bonds. The lowest BCUT2D eigenvalue weighted by Crippen LogP contribution is -2.30. The zero-order chi connectivity index (χ0) is 9.80. The molecule has 1 fully saturated rings. The Morgan fingerprint density at radius 2 is 2.14 bits per heavy atom. The summed E-state index contributed by atoms with van der Waals surface area (Å²) in [7, 11) is 2.11. The van der Waals surface area contributed by atoms with E-state index in [9.17, 15) is 0 Å². The van der Waals surface area contributed by atoms with Crippen LogP contribution in [0.4, 0.5) is 0 Å². The van der Waals surface area contributed by atoms with Crippen molar-refractivity contribution in [1.82, 2.24) is 5.32 Å². The molecular formula is C12H19NS. The van der Waals surface area contributed by atoms with E-state index in [0.29, 0.717) is 6.04 Å². The SMILES string of the molecule is CNC1CCCCCC1c1cccs1. The minimum atomic E-state index is 0.705. The molecule has 2 unspecified atom stereocenters. The first-order chi connectivity index (χ1) is 6.92. The van der Waals surface area contributed by atoms with Crippen molar-refractivity contribution in [3.63, 3.8) is 0 Å². The molecule has 1 aromatic rings. The van der Waals surface area contributed by atoms with Crippen LogP contribution in [0.1, 0.15) is 42.9 Å². The van der Waals surface area contributed by atoms with Gasteiger partial charge in [0.05, 0.1) is 0 Å². The number of nitrogens with one attached hydrogen (secondary N) is 1. The zero-order valence-electron chi connectivity index (χ0n) is 8.83. The van der Waals surface area contributed by atoms with Crippen molar-refractivity contribution in [3.05, 3.63) is 22.4 Å². The van der Waals surface area contributed by atoms with Gasteiger partial charge in [-0.15, -0.1) is 11.3 Å². The molecule has 1 N–H and O–H groups in total. The van der Waals surface area contributed by atoms with Gasteiger partial charge in [-0.05, 0) is 31.3 Å². The topological polar surface area (TPSA) is 12.0 Å². The molecular weight excluding hydrogens is 190 g/mol. The maximum absolute atomic E-state index is 3.49. The van der Waals surface area contributed by atoms with Gasteiger partial charge in [-0.2, -0.15) is 0 Å². The Balaban J connectivity index is 2.12. The van der Waals surface area contributed by atoms with Gasteiger partial charge in [0, 0.05) is 16.8 Å². The Bertz CT molecular complexity index is 255. The standard InChI is InChI=1S/C12H19NS/c1-13-11-7-4-2-3-6-10(11)12-8-5-9-14-12/h5,8-11,13H,2-4,6-7H2,1H3. The van der Waals surface area contributed by atoms with Crippen molar-refractivity contribution >= 4 is 11.3 Å². The van der Waals surface area contributed by atoms with Crippen molar-refractivity contribution in [2.24, 2.45) is 0 Å². The normalized spacial score (nSPS) is 28.6. The highest BCUT2D eigenvalue weighted by atomic mass is 32.1. The average Bonchev–Trinajstić information content (AvgIpc) is 2.63. The van der Waals surface area contributed by atoms with Crippen LogP contribution in [0.25, 0.3) is 0 Å². The lowest BCUT2D eigenvalue weighted by molar-refractivity contribution is 0.444. The minimum Gasteiger partial charge on any atom is -0.316 e. The molecule has 1 nitrogen and oxygen atoms in total. The molecule has 0 saturated heterocycles. The van der Waals surface area contributed by atoms with Crippen LogP contribution in [0.5, 0.6) is 0 Å². The predicted octanol–water partition coefficient (Wildman–Crippen LogP) is 3.38. The first kappa shape index (κ1) is 10.2. The second-order valence-corrected chi connectivity index (χ2v) is 5.13. The van der Waals surface area contributed by atoms with Gasteiger partial charge in [0.25, 0.3) is 0 Å². The lowest BCUT2D eigenvalue weighted by Gasteiger charge is -2.23. The van der Waals surface area contributed by atoms with Crippen LogP contribution in [-0.2, 0) is 0 Å². The van der Waals surface area contributed by atoms with Crippen molar-refractivity contribution in [2.75, 3.05) is 7.05 Å². The summed E-state index contributed by atoms with van der Waals surface area (Å²) < 4.78 is 0. The number of thiophene rings is 1.